The van der Waals surface area contributed by atoms with Gasteiger partial charge in [-0.1, -0.05) is 43.3 Å². The molecule has 12 saturated heterocycles. The second-order valence-electron chi connectivity index (χ2n) is 24.8. The molecule has 0 amide bonds. The molecule has 0 aromatic rings. The van der Waals surface area contributed by atoms with E-state index in [0.29, 0.717) is 49.0 Å². The van der Waals surface area contributed by atoms with Crippen LogP contribution in [-0.2, 0) is 72.1 Å². The Balaban J connectivity index is 0.000000136. The summed E-state index contributed by atoms with van der Waals surface area (Å²) in [6.07, 6.45) is -7.55. The van der Waals surface area contributed by atoms with Crippen LogP contribution in [0.4, 0.5) is 39.5 Å². The van der Waals surface area contributed by atoms with Crippen molar-refractivity contribution >= 4 is 33.8 Å². The number of hydrogen-bond donors (Lipinski definition) is 0. The fourth-order valence-corrected chi connectivity index (χ4v) is 15.9. The van der Waals surface area contributed by atoms with Crippen LogP contribution < -0.4 is 0 Å². The molecule has 6 bridgehead atoms. The maximum absolute atomic E-state index is 12.6. The maximum Gasteiger partial charge on any atom is 0.389 e. The molecule has 0 aromatic carbocycles. The zero-order valence-corrected chi connectivity index (χ0v) is 46.9. The van der Waals surface area contributed by atoms with Crippen LogP contribution in [0.2, 0.25) is 0 Å². The molecule has 20 atom stereocenters. The van der Waals surface area contributed by atoms with Crippen LogP contribution in [0.25, 0.3) is 0 Å². The van der Waals surface area contributed by atoms with Crippen molar-refractivity contribution in [1.82, 2.24) is 0 Å². The standard InChI is InChI=1S/2C18H25F3O5.C15H20O5.C3H4BrF3/c2*1-10-5-6-13-11(4-3-8-17(19,20)21)14(22)23-15-18(13)12(10)7-9-16(2,24-15)25-26-18;1-8-4-5-11-9(2)12(16)17-13-15(11)10(8)6-7-14(3,18-13)19-20-15;4-2-1-3(5,6)7/h2*10-13,15H,3-9H2,1-2H3;8,10-11,13H,2,4-7H2,1,3H3;1-2H2/t10-,11?,12+,13+,15?,16?,18?;10-,11+,12+,13+,15?,16?,18?;8-,10+,11+,13?,14?,15?;/m111./s1. The molecular formula is C54H74BrF9O15. The van der Waals surface area contributed by atoms with Crippen LogP contribution in [0, 0.1) is 65.1 Å². The third-order valence-electron chi connectivity index (χ3n) is 19.5. The molecule has 12 heterocycles. The number of alkyl halides is 10. The molecule has 12 aliphatic heterocycles. The first-order valence-electron chi connectivity index (χ1n) is 28.0. The summed E-state index contributed by atoms with van der Waals surface area (Å²) >= 11 is 2.67. The van der Waals surface area contributed by atoms with E-state index >= 15 is 0 Å². The maximum atomic E-state index is 12.6. The van der Waals surface area contributed by atoms with E-state index in [4.69, 9.17) is 57.7 Å². The largest absolute Gasteiger partial charge is 0.432 e. The minimum atomic E-state index is -4.22. The summed E-state index contributed by atoms with van der Waals surface area (Å²) in [6, 6.07) is 0. The van der Waals surface area contributed by atoms with Gasteiger partial charge in [0.1, 0.15) is 0 Å². The van der Waals surface area contributed by atoms with Gasteiger partial charge in [0.15, 0.2) is 16.8 Å². The minimum Gasteiger partial charge on any atom is -0.432 e. The van der Waals surface area contributed by atoms with Gasteiger partial charge in [-0.05, 0) is 122 Å². The van der Waals surface area contributed by atoms with Crippen molar-refractivity contribution in [2.75, 3.05) is 5.33 Å². The molecule has 0 aromatic heterocycles. The first kappa shape index (κ1) is 61.2. The van der Waals surface area contributed by atoms with E-state index in [0.717, 1.165) is 51.4 Å². The zero-order chi connectivity index (χ0) is 57.5. The highest BCUT2D eigenvalue weighted by Gasteiger charge is 2.73. The number of esters is 3. The molecule has 15 nitrogen and oxygen atoms in total. The van der Waals surface area contributed by atoms with Crippen LogP contribution in [0.5, 0.6) is 0 Å². The Morgan fingerprint density at radius 2 is 0.835 bits per heavy atom. The van der Waals surface area contributed by atoms with Crippen molar-refractivity contribution in [2.24, 2.45) is 65.1 Å². The van der Waals surface area contributed by atoms with Crippen LogP contribution in [0.1, 0.15) is 164 Å². The molecule has 0 radical (unpaired) electrons. The molecule has 25 heteroatoms. The average molecular weight is 1210 g/mol. The normalized spacial score (nSPS) is 46.3. The van der Waals surface area contributed by atoms with E-state index in [1.807, 2.05) is 6.92 Å². The molecule has 15 rings (SSSR count). The fraction of sp³-hybridized carbons (Fsp3) is 0.907. The third kappa shape index (κ3) is 11.8. The SMILES string of the molecule is C=C1C(=O)OC2OC3(C)CC[C@H]4[C@H](C)CC[C@@H]1C24OO3.C[C@@H]1CC[C@H]2C(CCCC(F)(F)F)C(=O)OC3OC4(C)CC[C@@H]1C32OO4.C[C@@H]1CC[C@H]2[C@H](CCCC(F)(F)F)C(=O)OC3OC4(C)CC[C@@H]1C32OO4.FC(F)(F)CCBr. The lowest BCUT2D eigenvalue weighted by molar-refractivity contribution is -0.559. The van der Waals surface area contributed by atoms with Gasteiger partial charge in [-0.2, -0.15) is 39.5 Å². The van der Waals surface area contributed by atoms with Crippen molar-refractivity contribution < 1.29 is 112 Å². The number of ether oxygens (including phenoxy) is 6. The smallest absolute Gasteiger partial charge is 0.389 e. The van der Waals surface area contributed by atoms with Gasteiger partial charge < -0.3 is 28.4 Å². The molecule has 15 fully saturated rings. The topological polar surface area (TPSA) is 162 Å². The molecule has 3 spiro atoms. The summed E-state index contributed by atoms with van der Waals surface area (Å²) in [6.45, 7) is 15.8. The van der Waals surface area contributed by atoms with Crippen LogP contribution >= 0.6 is 15.9 Å². The lowest BCUT2D eigenvalue weighted by Crippen LogP contribution is -2.70. The van der Waals surface area contributed by atoms with Crippen LogP contribution in [-0.4, -0.2) is 94.8 Å². The van der Waals surface area contributed by atoms with Gasteiger partial charge in [-0.25, -0.2) is 34.1 Å². The van der Waals surface area contributed by atoms with Crippen LogP contribution in [0.3, 0.4) is 0 Å². The van der Waals surface area contributed by atoms with Crippen molar-refractivity contribution in [3.05, 3.63) is 12.2 Å². The van der Waals surface area contributed by atoms with Gasteiger partial charge in [-0.3, -0.25) is 9.59 Å². The van der Waals surface area contributed by atoms with E-state index in [1.165, 1.54) is 0 Å². The van der Waals surface area contributed by atoms with Crippen molar-refractivity contribution in [3.63, 3.8) is 0 Å². The Morgan fingerprint density at radius 1 is 0.481 bits per heavy atom. The minimum absolute atomic E-state index is 0.00347. The number of halogens is 10. The molecule has 3 saturated carbocycles. The van der Waals surface area contributed by atoms with E-state index in [2.05, 4.69) is 43.3 Å². The molecule has 15 aliphatic rings. The van der Waals surface area contributed by atoms with Gasteiger partial charge in [-0.15, -0.1) is 0 Å². The Kier molecular flexibility index (Phi) is 17.2. The summed E-state index contributed by atoms with van der Waals surface area (Å²) in [5.41, 5.74) is -2.04. The first-order chi connectivity index (χ1) is 36.8. The summed E-state index contributed by atoms with van der Waals surface area (Å²) in [7, 11) is 0. The highest BCUT2D eigenvalue weighted by Crippen LogP contribution is 2.63. The Hall–Kier alpha value is -2.36. The number of fused-ring (bicyclic) bond motifs is 6. The predicted molar refractivity (Wildman–Crippen MR) is 257 cm³/mol. The van der Waals surface area contributed by atoms with Gasteiger partial charge in [0, 0.05) is 78.5 Å². The van der Waals surface area contributed by atoms with E-state index in [-0.39, 0.29) is 72.5 Å². The fourth-order valence-electron chi connectivity index (χ4n) is 15.5. The molecule has 3 aliphatic carbocycles. The average Bonchev–Trinajstić information content (AvgIpc) is 3.48. The molecule has 10 unspecified atom stereocenters. The molecule has 0 N–H and O–H groups in total. The first-order valence-corrected chi connectivity index (χ1v) is 29.1. The highest BCUT2D eigenvalue weighted by atomic mass is 79.9. The quantitative estimate of drug-likeness (QED) is 0.0591. The van der Waals surface area contributed by atoms with Gasteiger partial charge in [0.05, 0.1) is 18.3 Å². The van der Waals surface area contributed by atoms with Crippen molar-refractivity contribution in [1.29, 1.82) is 0 Å². The number of hydrogen-bond acceptors (Lipinski definition) is 15. The van der Waals surface area contributed by atoms with Crippen LogP contribution in [0.15, 0.2) is 12.2 Å². The number of rotatable bonds is 7. The monoisotopic (exact) mass is 1210 g/mol. The summed E-state index contributed by atoms with van der Waals surface area (Å²) in [5.74, 6) is -4.21. The molecule has 450 valence electrons. The number of carbonyl (C=O) groups is 3. The Bertz CT molecular complexity index is 2160. The second kappa shape index (κ2) is 22.2. The molecule has 79 heavy (non-hydrogen) atoms. The summed E-state index contributed by atoms with van der Waals surface area (Å²) in [4.78, 5) is 71.7. The van der Waals surface area contributed by atoms with E-state index in [1.54, 1.807) is 13.8 Å². The zero-order valence-electron chi connectivity index (χ0n) is 45.3. The Morgan fingerprint density at radius 3 is 1.20 bits per heavy atom. The Labute approximate surface area is 461 Å². The summed E-state index contributed by atoms with van der Waals surface area (Å²) < 4.78 is 143. The summed E-state index contributed by atoms with van der Waals surface area (Å²) in [5, 5.41) is -0.00347. The third-order valence-corrected chi connectivity index (χ3v) is 19.9. The number of carbonyl (C=O) groups excluding carboxylic acids is 3. The van der Waals surface area contributed by atoms with Gasteiger partial charge in [0.25, 0.3) is 0 Å². The lowest BCUT2D eigenvalue weighted by atomic mass is 9.57. The van der Waals surface area contributed by atoms with E-state index < -0.39 is 115 Å². The van der Waals surface area contributed by atoms with Gasteiger partial charge >= 0.3 is 36.4 Å². The highest BCUT2D eigenvalue weighted by molar-refractivity contribution is 9.09. The van der Waals surface area contributed by atoms with Gasteiger partial charge in [0.2, 0.25) is 36.2 Å². The molecular weight excluding hydrogens is 1140 g/mol. The second-order valence-corrected chi connectivity index (χ2v) is 25.6. The predicted octanol–water partition coefficient (Wildman–Crippen LogP) is 12.9. The van der Waals surface area contributed by atoms with E-state index in [9.17, 15) is 53.9 Å². The lowest BCUT2D eigenvalue weighted by Gasteiger charge is -2.58. The van der Waals surface area contributed by atoms with Crippen molar-refractivity contribution in [3.8, 4) is 0 Å². The van der Waals surface area contributed by atoms with Crippen molar-refractivity contribution in [2.45, 2.75) is 235 Å².